The topological polar surface area (TPSA) is 172 Å². The average molecular weight is 598 g/mol. The Kier molecular flexibility index (Phi) is 7.94. The molecule has 0 spiro atoms. The first-order chi connectivity index (χ1) is 19.7. The summed E-state index contributed by atoms with van der Waals surface area (Å²) >= 11 is 1.94. The van der Waals surface area contributed by atoms with Gasteiger partial charge < -0.3 is 24.9 Å². The minimum Gasteiger partial charge on any atom is -0.483 e. The highest BCUT2D eigenvalue weighted by atomic mass is 32.2. The molecule has 3 aromatic rings. The lowest BCUT2D eigenvalue weighted by molar-refractivity contribution is -0.149. The largest absolute Gasteiger partial charge is 0.483 e. The Bertz CT molecular complexity index is 1600. The van der Waals surface area contributed by atoms with E-state index in [1.165, 1.54) is 12.1 Å². The van der Waals surface area contributed by atoms with Crippen LogP contribution in [0.4, 0.5) is 5.69 Å². The summed E-state index contributed by atoms with van der Waals surface area (Å²) in [4.78, 5) is 78.2. The van der Waals surface area contributed by atoms with E-state index >= 15 is 0 Å². The molecule has 2 unspecified atom stereocenters. The third-order valence-electron chi connectivity index (χ3n) is 6.50. The number of hydrogen-bond donors (Lipinski definition) is 3. The van der Waals surface area contributed by atoms with Gasteiger partial charge in [0.1, 0.15) is 17.5 Å². The first-order valence-corrected chi connectivity index (χ1v) is 14.1. The van der Waals surface area contributed by atoms with Gasteiger partial charge in [-0.2, -0.15) is 0 Å². The molecule has 2 aliphatic rings. The second-order valence-corrected chi connectivity index (χ2v) is 11.2. The van der Waals surface area contributed by atoms with E-state index < -0.39 is 59.9 Å². The third kappa shape index (κ3) is 5.60. The molecule has 212 valence electrons. The molecule has 3 heterocycles. The number of aromatic amines is 1. The number of para-hydroxylation sites is 1. The number of carbonyl (C=O) groups is 5. The first-order valence-electron chi connectivity index (χ1n) is 12.4. The smallest absolute Gasteiger partial charge is 0.338 e. The van der Waals surface area contributed by atoms with E-state index in [9.17, 15) is 33.9 Å². The predicted molar refractivity (Wildman–Crippen MR) is 147 cm³/mol. The number of aliphatic carboxylic acids is 1. The van der Waals surface area contributed by atoms with Crippen molar-refractivity contribution in [2.75, 3.05) is 25.1 Å². The highest BCUT2D eigenvalue weighted by Gasteiger charge is 2.56. The number of benzene rings is 2. The zero-order chi connectivity index (χ0) is 29.3. The number of H-pyrrole nitrogens is 1. The Labute approximate surface area is 240 Å². The van der Waals surface area contributed by atoms with Crippen LogP contribution < -0.4 is 14.9 Å². The summed E-state index contributed by atoms with van der Waals surface area (Å²) in [6.07, 6.45) is 0. The number of thiazole rings is 1. The van der Waals surface area contributed by atoms with Gasteiger partial charge in [-0.15, -0.1) is 0 Å². The highest BCUT2D eigenvalue weighted by Crippen LogP contribution is 2.53. The molecule has 3 amide bonds. The minimum absolute atomic E-state index is 0.242. The van der Waals surface area contributed by atoms with Crippen LogP contribution in [0.1, 0.15) is 33.6 Å². The SMILES string of the molecule is CCOC(=O)c1ccc(NC(=O)COc2ccccc2[C@@H]2c3sc(=O)[nH]c3SC3C(=O)N(CC(=O)O)C(=O)C32)cc1. The fourth-order valence-corrected chi connectivity index (χ4v) is 7.34. The molecule has 2 aliphatic heterocycles. The molecule has 14 heteroatoms. The van der Waals surface area contributed by atoms with Crippen LogP contribution in [0.2, 0.25) is 0 Å². The summed E-state index contributed by atoms with van der Waals surface area (Å²) in [5.74, 6) is -5.06. The van der Waals surface area contributed by atoms with Gasteiger partial charge in [0, 0.05) is 22.0 Å². The second-order valence-electron chi connectivity index (χ2n) is 9.08. The summed E-state index contributed by atoms with van der Waals surface area (Å²) in [5, 5.41) is 11.4. The van der Waals surface area contributed by atoms with Crippen molar-refractivity contribution in [3.05, 3.63) is 74.2 Å². The lowest BCUT2D eigenvalue weighted by Crippen LogP contribution is -2.36. The number of amides is 3. The number of likely N-dealkylation sites (tertiary alicyclic amines) is 1. The predicted octanol–water partition coefficient (Wildman–Crippen LogP) is 2.31. The zero-order valence-corrected chi connectivity index (χ0v) is 23.1. The molecular formula is C27H23N3O9S2. The van der Waals surface area contributed by atoms with Gasteiger partial charge in [0.05, 0.1) is 23.1 Å². The van der Waals surface area contributed by atoms with Gasteiger partial charge in [0.25, 0.3) is 5.91 Å². The van der Waals surface area contributed by atoms with E-state index in [0.29, 0.717) is 26.7 Å². The molecule has 1 aromatic heterocycles. The van der Waals surface area contributed by atoms with Gasteiger partial charge >= 0.3 is 16.8 Å². The van der Waals surface area contributed by atoms with Crippen molar-refractivity contribution in [2.24, 2.45) is 5.92 Å². The Hall–Kier alpha value is -4.43. The van der Waals surface area contributed by atoms with E-state index in [4.69, 9.17) is 9.47 Å². The number of rotatable bonds is 9. The summed E-state index contributed by atoms with van der Waals surface area (Å²) in [7, 11) is 0. The number of fused-ring (bicyclic) bond motifs is 2. The minimum atomic E-state index is -1.32. The van der Waals surface area contributed by atoms with Crippen LogP contribution >= 0.6 is 23.1 Å². The number of nitrogens with one attached hydrogen (secondary N) is 2. The van der Waals surface area contributed by atoms with Crippen LogP contribution in [0.15, 0.2) is 58.4 Å². The fourth-order valence-electron chi connectivity index (χ4n) is 4.81. The van der Waals surface area contributed by atoms with E-state index in [0.717, 1.165) is 28.0 Å². The van der Waals surface area contributed by atoms with Gasteiger partial charge in [-0.05, 0) is 37.3 Å². The van der Waals surface area contributed by atoms with E-state index in [2.05, 4.69) is 10.3 Å². The number of carboxylic acid groups (broad SMARTS) is 1. The zero-order valence-electron chi connectivity index (χ0n) is 21.4. The van der Waals surface area contributed by atoms with E-state index in [-0.39, 0.29) is 17.2 Å². The van der Waals surface area contributed by atoms with Crippen molar-refractivity contribution in [2.45, 2.75) is 23.1 Å². The molecule has 41 heavy (non-hydrogen) atoms. The molecule has 2 aromatic carbocycles. The van der Waals surface area contributed by atoms with Crippen molar-refractivity contribution in [1.82, 2.24) is 9.88 Å². The number of anilines is 1. The lowest BCUT2D eigenvalue weighted by Gasteiger charge is -2.30. The Morgan fingerprint density at radius 1 is 1.05 bits per heavy atom. The number of ether oxygens (including phenoxy) is 2. The molecule has 0 saturated carbocycles. The maximum Gasteiger partial charge on any atom is 0.338 e. The maximum absolute atomic E-state index is 13.4. The molecule has 0 radical (unpaired) electrons. The van der Waals surface area contributed by atoms with E-state index in [1.807, 2.05) is 0 Å². The van der Waals surface area contributed by atoms with Crippen molar-refractivity contribution in [1.29, 1.82) is 0 Å². The van der Waals surface area contributed by atoms with Gasteiger partial charge in [-0.25, -0.2) is 4.79 Å². The molecule has 5 rings (SSSR count). The molecular weight excluding hydrogens is 574 g/mol. The lowest BCUT2D eigenvalue weighted by atomic mass is 9.82. The number of carbonyl (C=O) groups excluding carboxylic acids is 4. The van der Waals surface area contributed by atoms with Crippen molar-refractivity contribution in [3.63, 3.8) is 0 Å². The molecule has 3 atom stereocenters. The maximum atomic E-state index is 13.4. The molecule has 3 N–H and O–H groups in total. The number of thioether (sulfide) groups is 1. The molecule has 0 bridgehead atoms. The number of nitrogens with zero attached hydrogens (tertiary/aromatic N) is 1. The second kappa shape index (κ2) is 11.6. The monoisotopic (exact) mass is 597 g/mol. The van der Waals surface area contributed by atoms with Crippen molar-refractivity contribution >= 4 is 58.4 Å². The van der Waals surface area contributed by atoms with Crippen LogP contribution in [-0.4, -0.2) is 69.7 Å². The van der Waals surface area contributed by atoms with Crippen molar-refractivity contribution in [3.8, 4) is 5.75 Å². The van der Waals surface area contributed by atoms with Gasteiger partial charge in [-0.1, -0.05) is 41.3 Å². The fraction of sp³-hybridized carbons (Fsp3) is 0.259. The Balaban J connectivity index is 1.38. The first kappa shape index (κ1) is 28.1. The van der Waals surface area contributed by atoms with Crippen LogP contribution in [-0.2, 0) is 23.9 Å². The standard InChI is InChI=1S/C27H23N3O9S2/c1-2-38-26(36)13-7-9-14(10-8-13)28-17(31)12-39-16-6-4-3-5-15(16)19-20-22(40-23-21(19)41-27(37)29-23)25(35)30(24(20)34)11-18(32)33/h3-10,19-20,22H,2,11-12H2,1H3,(H,28,31)(H,29,37)(H,32,33)/t19-,20?,22?/m0/s1. The average Bonchev–Trinajstić information content (AvgIpc) is 3.43. The van der Waals surface area contributed by atoms with Crippen molar-refractivity contribution < 1.29 is 38.6 Å². The van der Waals surface area contributed by atoms with E-state index in [1.54, 1.807) is 43.3 Å². The Morgan fingerprint density at radius 2 is 1.78 bits per heavy atom. The quantitative estimate of drug-likeness (QED) is 0.245. The highest BCUT2D eigenvalue weighted by molar-refractivity contribution is 8.00. The molecule has 1 fully saturated rings. The summed E-state index contributed by atoms with van der Waals surface area (Å²) in [6.45, 7) is 0.780. The van der Waals surface area contributed by atoms with Crippen LogP contribution in [0.25, 0.3) is 0 Å². The van der Waals surface area contributed by atoms with Gasteiger partial charge in [0.2, 0.25) is 11.8 Å². The van der Waals surface area contributed by atoms with Crippen LogP contribution in [0.5, 0.6) is 5.75 Å². The summed E-state index contributed by atoms with van der Waals surface area (Å²) in [6, 6.07) is 12.8. The summed E-state index contributed by atoms with van der Waals surface area (Å²) < 4.78 is 10.8. The van der Waals surface area contributed by atoms with Gasteiger partial charge in [-0.3, -0.25) is 28.9 Å². The number of aromatic nitrogens is 1. The number of hydrogen-bond acceptors (Lipinski definition) is 10. The number of imide groups is 1. The molecule has 1 saturated heterocycles. The van der Waals surface area contributed by atoms with Crippen LogP contribution in [0, 0.1) is 5.92 Å². The number of esters is 1. The van der Waals surface area contributed by atoms with Gasteiger partial charge in [0.15, 0.2) is 6.61 Å². The molecule has 0 aliphatic carbocycles. The van der Waals surface area contributed by atoms with Crippen LogP contribution in [0.3, 0.4) is 0 Å². The summed E-state index contributed by atoms with van der Waals surface area (Å²) in [5.41, 5.74) is 1.25. The third-order valence-corrected chi connectivity index (χ3v) is 8.90. The Morgan fingerprint density at radius 3 is 2.49 bits per heavy atom. The normalized spacial score (nSPS) is 19.3. The number of carboxylic acids is 1. The molecule has 12 nitrogen and oxygen atoms in total.